The molecule has 0 spiro atoms. The van der Waals surface area contributed by atoms with Crippen molar-refractivity contribution >= 4 is 54.6 Å². The molecule has 1 atom stereocenters. The largest absolute Gasteiger partial charge is 0.340 e. The molecule has 2 N–H and O–H groups in total. The van der Waals surface area contributed by atoms with Crippen LogP contribution in [0.25, 0.3) is 20.4 Å². The second kappa shape index (κ2) is 7.72. The fraction of sp³-hybridized carbons (Fsp3) is 0.300. The number of hydrogen-bond donors (Lipinski definition) is 2. The Kier molecular flexibility index (Phi) is 4.88. The van der Waals surface area contributed by atoms with E-state index in [1.807, 2.05) is 24.3 Å². The van der Waals surface area contributed by atoms with Gasteiger partial charge in [0.25, 0.3) is 0 Å². The van der Waals surface area contributed by atoms with Crippen LogP contribution in [0.4, 0.5) is 11.5 Å². The minimum absolute atomic E-state index is 0.0685. The molecule has 4 aromatic rings. The molecule has 1 aromatic carbocycles. The second-order valence-corrected chi connectivity index (χ2v) is 9.53. The van der Waals surface area contributed by atoms with Crippen LogP contribution in [0.5, 0.6) is 0 Å². The minimum Gasteiger partial charge on any atom is -0.340 e. The predicted octanol–water partition coefficient (Wildman–Crippen LogP) is 3.34. The zero-order valence-electron chi connectivity index (χ0n) is 16.6. The summed E-state index contributed by atoms with van der Waals surface area (Å²) in [6, 6.07) is 7.54. The lowest BCUT2D eigenvalue weighted by Crippen LogP contribution is -2.40. The first kappa shape index (κ1) is 19.6. The van der Waals surface area contributed by atoms with Gasteiger partial charge in [0.2, 0.25) is 6.04 Å². The van der Waals surface area contributed by atoms with Crippen molar-refractivity contribution in [3.05, 3.63) is 49.5 Å². The van der Waals surface area contributed by atoms with E-state index >= 15 is 0 Å². The number of aromatic amines is 1. The average Bonchev–Trinajstić information content (AvgIpc) is 3.32. The molecule has 0 bridgehead atoms. The lowest BCUT2D eigenvalue weighted by atomic mass is 9.93. The number of hydrazine groups is 1. The molecule has 5 rings (SSSR count). The third-order valence-electron chi connectivity index (χ3n) is 5.45. The van der Waals surface area contributed by atoms with Gasteiger partial charge in [-0.15, -0.1) is 16.3 Å². The van der Waals surface area contributed by atoms with Crippen molar-refractivity contribution in [3.8, 4) is 6.07 Å². The third kappa shape index (κ3) is 3.54. The highest BCUT2D eigenvalue weighted by atomic mass is 32.1. The van der Waals surface area contributed by atoms with E-state index in [-0.39, 0.29) is 17.5 Å². The first-order valence-electron chi connectivity index (χ1n) is 9.73. The number of aryl methyl sites for hydroxylation is 1. The maximum atomic E-state index is 12.6. The van der Waals surface area contributed by atoms with Gasteiger partial charge < -0.3 is 10.3 Å². The highest BCUT2D eigenvalue weighted by molar-refractivity contribution is 7.19. The Morgan fingerprint density at radius 2 is 2.26 bits per heavy atom. The van der Waals surface area contributed by atoms with E-state index in [2.05, 4.69) is 20.3 Å². The molecule has 31 heavy (non-hydrogen) atoms. The summed E-state index contributed by atoms with van der Waals surface area (Å²) in [6.45, 7) is 0.0685. The number of aromatic nitrogens is 3. The van der Waals surface area contributed by atoms with Crippen LogP contribution in [-0.4, -0.2) is 44.5 Å². The van der Waals surface area contributed by atoms with Crippen molar-refractivity contribution in [1.29, 1.82) is 5.26 Å². The molecule has 1 unspecified atom stereocenters. The standard InChI is InChI=1S/C20H17N7O2S2/c1-26(7-6-21)27(29)12-3-4-13-15(9-12)30-19-17(13)18(22-10-23-19)24-11-2-5-14-16(8-11)31-20(28)25-14/h2,5,8,10,12H,3-4,7,9H2,1H3,(H-,22,23,24,25,28)/p+1. The summed E-state index contributed by atoms with van der Waals surface area (Å²) in [6.07, 6.45) is 3.62. The van der Waals surface area contributed by atoms with Gasteiger partial charge >= 0.3 is 4.87 Å². The highest BCUT2D eigenvalue weighted by Gasteiger charge is 2.36. The maximum Gasteiger partial charge on any atom is 0.305 e. The van der Waals surface area contributed by atoms with Crippen LogP contribution >= 0.6 is 22.7 Å². The summed E-state index contributed by atoms with van der Waals surface area (Å²) in [4.78, 5) is 38.8. The molecule has 1 aliphatic carbocycles. The van der Waals surface area contributed by atoms with Gasteiger partial charge in [-0.1, -0.05) is 11.3 Å². The van der Waals surface area contributed by atoms with Crippen molar-refractivity contribution in [1.82, 2.24) is 20.0 Å². The van der Waals surface area contributed by atoms with Crippen LogP contribution in [0, 0.1) is 16.2 Å². The number of fused-ring (bicyclic) bond motifs is 4. The number of benzene rings is 1. The molecule has 3 aromatic heterocycles. The van der Waals surface area contributed by atoms with Crippen molar-refractivity contribution in [3.63, 3.8) is 0 Å². The quantitative estimate of drug-likeness (QED) is 0.271. The van der Waals surface area contributed by atoms with E-state index < -0.39 is 0 Å². The van der Waals surface area contributed by atoms with Gasteiger partial charge in [0.05, 0.1) is 40.0 Å². The van der Waals surface area contributed by atoms with Crippen LogP contribution in [0.15, 0.2) is 29.3 Å². The molecule has 11 heteroatoms. The molecule has 0 amide bonds. The van der Waals surface area contributed by atoms with Crippen molar-refractivity contribution in [2.75, 3.05) is 18.9 Å². The van der Waals surface area contributed by atoms with Gasteiger partial charge in [-0.25, -0.2) is 9.97 Å². The van der Waals surface area contributed by atoms with Gasteiger partial charge in [-0.2, -0.15) is 5.26 Å². The summed E-state index contributed by atoms with van der Waals surface area (Å²) >= 11 is 2.77. The van der Waals surface area contributed by atoms with E-state index in [9.17, 15) is 9.70 Å². The molecule has 0 aliphatic heterocycles. The van der Waals surface area contributed by atoms with Crippen LogP contribution in [0.3, 0.4) is 0 Å². The number of nitriles is 1. The number of rotatable bonds is 5. The Hall–Kier alpha value is -3.36. The van der Waals surface area contributed by atoms with Crippen LogP contribution in [-0.2, 0) is 12.8 Å². The van der Waals surface area contributed by atoms with E-state index in [1.54, 1.807) is 18.4 Å². The van der Waals surface area contributed by atoms with Gasteiger partial charge in [-0.05, 0) is 30.2 Å². The molecule has 0 saturated carbocycles. The summed E-state index contributed by atoms with van der Waals surface area (Å²) in [5, 5.41) is 14.6. The molecular formula is C20H18N7O2S2+. The van der Waals surface area contributed by atoms with E-state index in [1.165, 1.54) is 28.2 Å². The normalized spacial score (nSPS) is 15.5. The first-order valence-corrected chi connectivity index (χ1v) is 11.4. The minimum atomic E-state index is -0.193. The Bertz CT molecular complexity index is 1410. The Morgan fingerprint density at radius 1 is 1.39 bits per heavy atom. The Labute approximate surface area is 184 Å². The number of hydrogen-bond acceptors (Lipinski definition) is 8. The molecule has 1 aliphatic rings. The topological polar surface area (TPSA) is 118 Å². The van der Waals surface area contributed by atoms with Gasteiger partial charge in [0.1, 0.15) is 21.8 Å². The zero-order valence-corrected chi connectivity index (χ0v) is 18.2. The van der Waals surface area contributed by atoms with Crippen LogP contribution in [0.2, 0.25) is 0 Å². The van der Waals surface area contributed by atoms with Crippen molar-refractivity contribution in [2.24, 2.45) is 0 Å². The molecule has 3 heterocycles. The number of thiophene rings is 1. The summed E-state index contributed by atoms with van der Waals surface area (Å²) in [7, 11) is 1.64. The predicted molar refractivity (Wildman–Crippen MR) is 121 cm³/mol. The summed E-state index contributed by atoms with van der Waals surface area (Å²) in [5.74, 6) is 0.726. The van der Waals surface area contributed by atoms with Crippen molar-refractivity contribution in [2.45, 2.75) is 25.3 Å². The number of anilines is 2. The molecule has 0 radical (unpaired) electrons. The summed E-state index contributed by atoms with van der Waals surface area (Å²) < 4.78 is 0.882. The maximum absolute atomic E-state index is 12.6. The monoisotopic (exact) mass is 452 g/mol. The van der Waals surface area contributed by atoms with E-state index in [4.69, 9.17) is 5.26 Å². The molecule has 0 fully saturated rings. The molecular weight excluding hydrogens is 434 g/mol. The molecule has 0 saturated heterocycles. The number of thiazole rings is 1. The number of nitroso groups, excluding NO2 is 1. The van der Waals surface area contributed by atoms with Crippen LogP contribution in [0.1, 0.15) is 16.9 Å². The van der Waals surface area contributed by atoms with Gasteiger partial charge in [0.15, 0.2) is 6.54 Å². The van der Waals surface area contributed by atoms with E-state index in [0.29, 0.717) is 12.8 Å². The van der Waals surface area contributed by atoms with Gasteiger partial charge in [0, 0.05) is 17.0 Å². The molecule has 9 nitrogen and oxygen atoms in total. The van der Waals surface area contributed by atoms with Gasteiger partial charge in [-0.3, -0.25) is 4.79 Å². The Balaban J connectivity index is 1.47. The SMILES string of the molecule is CN(CC#N)[N+](=O)C1CCc2c(sc3ncnc(Nc4ccc5[nH]c(=O)sc5c4)c23)C1. The zero-order chi connectivity index (χ0) is 21.5. The number of H-pyrrole nitrogens is 1. The van der Waals surface area contributed by atoms with Crippen LogP contribution < -0.4 is 10.2 Å². The lowest BCUT2D eigenvalue weighted by Gasteiger charge is -2.18. The fourth-order valence-corrected chi connectivity index (χ4v) is 6.02. The second-order valence-electron chi connectivity index (χ2n) is 7.43. The number of nitrogens with one attached hydrogen (secondary N) is 2. The fourth-order valence-electron chi connectivity index (χ4n) is 3.99. The lowest BCUT2D eigenvalue weighted by molar-refractivity contribution is -0.728. The van der Waals surface area contributed by atoms with E-state index in [0.717, 1.165) is 48.1 Å². The number of nitrogens with zero attached hydrogens (tertiary/aromatic N) is 5. The molecule has 156 valence electrons. The Morgan fingerprint density at radius 3 is 3.10 bits per heavy atom. The smallest absolute Gasteiger partial charge is 0.305 e. The average molecular weight is 453 g/mol. The highest BCUT2D eigenvalue weighted by Crippen LogP contribution is 2.39. The van der Waals surface area contributed by atoms with Crippen molar-refractivity contribution < 1.29 is 4.87 Å². The third-order valence-corrected chi connectivity index (χ3v) is 7.46. The summed E-state index contributed by atoms with van der Waals surface area (Å²) in [5.41, 5.74) is 2.85. The first-order chi connectivity index (χ1) is 15.0.